The number of H-pyrrole nitrogens is 1. The predicted molar refractivity (Wildman–Crippen MR) is 121 cm³/mol. The summed E-state index contributed by atoms with van der Waals surface area (Å²) in [4.78, 5) is 28.0. The molecule has 11 heteroatoms. The molecule has 4 heterocycles. The molecule has 2 saturated heterocycles. The molecular weight excluding hydrogens is 420 g/mol. The van der Waals surface area contributed by atoms with Crippen molar-refractivity contribution >= 4 is 11.9 Å². The minimum Gasteiger partial charge on any atom is -0.351 e. The smallest absolute Gasteiger partial charge is 0.230 e. The summed E-state index contributed by atoms with van der Waals surface area (Å²) in [6, 6.07) is 9.38. The number of nitrogens with one attached hydrogen (secondary N) is 5. The summed E-state index contributed by atoms with van der Waals surface area (Å²) in [5, 5.41) is 10.6. The van der Waals surface area contributed by atoms with E-state index in [-0.39, 0.29) is 18.4 Å². The van der Waals surface area contributed by atoms with Crippen molar-refractivity contribution in [3.8, 4) is 11.4 Å². The molecule has 1 amide bonds. The number of aromatic amines is 1. The second kappa shape index (κ2) is 8.50. The second-order valence-electron chi connectivity index (χ2n) is 8.85. The van der Waals surface area contributed by atoms with Crippen LogP contribution in [0.3, 0.4) is 0 Å². The third kappa shape index (κ3) is 4.17. The minimum absolute atomic E-state index is 0.0400. The van der Waals surface area contributed by atoms with Crippen LogP contribution in [0.25, 0.3) is 11.4 Å². The number of fused-ring (bicyclic) bond motifs is 2. The lowest BCUT2D eigenvalue weighted by Gasteiger charge is -2.33. The number of hydrazine groups is 2. The maximum Gasteiger partial charge on any atom is 0.230 e. The lowest BCUT2D eigenvalue weighted by molar-refractivity contribution is -0.131. The normalized spacial score (nSPS) is 22.2. The molecule has 2 unspecified atom stereocenters. The summed E-state index contributed by atoms with van der Waals surface area (Å²) in [5.41, 5.74) is 12.7. The van der Waals surface area contributed by atoms with Crippen LogP contribution in [0.4, 0.5) is 5.95 Å². The topological polar surface area (TPSA) is 136 Å². The molecule has 0 spiro atoms. The van der Waals surface area contributed by atoms with E-state index in [0.29, 0.717) is 41.8 Å². The van der Waals surface area contributed by atoms with Gasteiger partial charge >= 0.3 is 0 Å². The maximum absolute atomic E-state index is 12.7. The van der Waals surface area contributed by atoms with Crippen molar-refractivity contribution in [3.63, 3.8) is 0 Å². The van der Waals surface area contributed by atoms with Gasteiger partial charge in [-0.2, -0.15) is 10.6 Å². The zero-order chi connectivity index (χ0) is 22.2. The van der Waals surface area contributed by atoms with Crippen LogP contribution in [0, 0.1) is 0 Å². The van der Waals surface area contributed by atoms with Gasteiger partial charge in [-0.25, -0.2) is 25.8 Å². The molecule has 2 aromatic heterocycles. The van der Waals surface area contributed by atoms with E-state index in [0.717, 1.165) is 25.8 Å². The van der Waals surface area contributed by atoms with Gasteiger partial charge in [0.25, 0.3) is 0 Å². The van der Waals surface area contributed by atoms with Crippen molar-refractivity contribution in [2.24, 2.45) is 0 Å². The lowest BCUT2D eigenvalue weighted by Crippen LogP contribution is -2.52. The van der Waals surface area contributed by atoms with Crippen LogP contribution >= 0.6 is 0 Å². The maximum atomic E-state index is 12.7. The fraction of sp³-hybridized carbons (Fsp3) is 0.409. The van der Waals surface area contributed by atoms with E-state index >= 15 is 0 Å². The summed E-state index contributed by atoms with van der Waals surface area (Å²) in [6.45, 7) is 1.39. The van der Waals surface area contributed by atoms with E-state index in [9.17, 15) is 4.79 Å². The molecule has 33 heavy (non-hydrogen) atoms. The van der Waals surface area contributed by atoms with E-state index in [4.69, 9.17) is 0 Å². The summed E-state index contributed by atoms with van der Waals surface area (Å²) < 4.78 is 0. The van der Waals surface area contributed by atoms with Gasteiger partial charge in [-0.05, 0) is 30.4 Å². The molecular formula is C22H26N10O. The number of carbonyl (C=O) groups excluding carboxylic acids is 1. The Labute approximate surface area is 190 Å². The molecule has 1 aliphatic carbocycles. The highest BCUT2D eigenvalue weighted by Gasteiger charge is 2.34. The quantitative estimate of drug-likeness (QED) is 0.366. The van der Waals surface area contributed by atoms with Crippen molar-refractivity contribution in [1.82, 2.24) is 46.4 Å². The van der Waals surface area contributed by atoms with Crippen LogP contribution < -0.4 is 21.7 Å². The van der Waals surface area contributed by atoms with Crippen molar-refractivity contribution in [3.05, 3.63) is 53.6 Å². The molecule has 5 N–H and O–H groups in total. The number of hydrogen-bond acceptors (Lipinski definition) is 9. The number of hydrogen-bond donors (Lipinski definition) is 5. The first-order chi connectivity index (χ1) is 16.2. The molecule has 170 valence electrons. The van der Waals surface area contributed by atoms with Crippen molar-refractivity contribution in [2.45, 2.75) is 43.8 Å². The van der Waals surface area contributed by atoms with Gasteiger partial charge in [-0.3, -0.25) is 9.89 Å². The Morgan fingerprint density at radius 2 is 1.85 bits per heavy atom. The van der Waals surface area contributed by atoms with Crippen LogP contribution in [-0.2, 0) is 24.1 Å². The fourth-order valence-corrected chi connectivity index (χ4v) is 4.84. The van der Waals surface area contributed by atoms with E-state index in [1.165, 1.54) is 11.1 Å². The van der Waals surface area contributed by atoms with Crippen LogP contribution in [-0.4, -0.2) is 67.2 Å². The van der Waals surface area contributed by atoms with Gasteiger partial charge in [-0.15, -0.1) is 0 Å². The first-order valence-corrected chi connectivity index (χ1v) is 11.3. The van der Waals surface area contributed by atoms with Crippen LogP contribution in [0.15, 0.2) is 36.7 Å². The van der Waals surface area contributed by atoms with Gasteiger partial charge in [0.1, 0.15) is 5.82 Å². The standard InChI is InChI=1S/C22H26N10O/c33-20(32-6-5-17-18(12-32)28-31-27-17)9-19-26-21(30-29-19)15-10-23-22(24-11-15)25-16-7-13-3-1-2-4-14(13)8-16/h1-4,10-11,16-18,27-28,31H,5-9,12H2,(H,23,24,25)(H,26,29,30). The number of rotatable bonds is 5. The summed E-state index contributed by atoms with van der Waals surface area (Å²) in [6.07, 6.45) is 6.46. The van der Waals surface area contributed by atoms with Crippen LogP contribution in [0.5, 0.6) is 0 Å². The predicted octanol–water partition coefficient (Wildman–Crippen LogP) is -0.0346. The largest absolute Gasteiger partial charge is 0.351 e. The van der Waals surface area contributed by atoms with Crippen LogP contribution in [0.2, 0.25) is 0 Å². The van der Waals surface area contributed by atoms with E-state index < -0.39 is 0 Å². The lowest BCUT2D eigenvalue weighted by atomic mass is 10.0. The molecule has 3 aliphatic rings. The zero-order valence-corrected chi connectivity index (χ0v) is 18.1. The summed E-state index contributed by atoms with van der Waals surface area (Å²) in [7, 11) is 0. The molecule has 2 aliphatic heterocycles. The third-order valence-corrected chi connectivity index (χ3v) is 6.63. The van der Waals surface area contributed by atoms with Gasteiger partial charge in [0.05, 0.1) is 18.0 Å². The number of amides is 1. The number of carbonyl (C=O) groups is 1. The van der Waals surface area contributed by atoms with Gasteiger partial charge in [0.2, 0.25) is 11.9 Å². The number of aromatic nitrogens is 5. The number of piperidine rings is 1. The molecule has 11 nitrogen and oxygen atoms in total. The minimum atomic E-state index is 0.0400. The summed E-state index contributed by atoms with van der Waals surface area (Å²) in [5.74, 6) is 1.66. The van der Waals surface area contributed by atoms with Gasteiger partial charge in [0.15, 0.2) is 5.82 Å². The second-order valence-corrected chi connectivity index (χ2v) is 8.85. The monoisotopic (exact) mass is 446 g/mol. The van der Waals surface area contributed by atoms with E-state index in [1.54, 1.807) is 12.4 Å². The average Bonchev–Trinajstić information content (AvgIpc) is 3.58. The Kier molecular flexibility index (Phi) is 5.21. The Bertz CT molecular complexity index is 1120. The highest BCUT2D eigenvalue weighted by molar-refractivity contribution is 5.78. The Morgan fingerprint density at radius 1 is 1.09 bits per heavy atom. The SMILES string of the molecule is O=C(Cc1nc(-c2cnc(NC3Cc4ccccc4C3)nc2)n[nH]1)N1CCC2NNNC2C1. The first kappa shape index (κ1) is 20.2. The molecule has 2 atom stereocenters. The van der Waals surface area contributed by atoms with Crippen molar-refractivity contribution in [2.75, 3.05) is 18.4 Å². The first-order valence-electron chi connectivity index (χ1n) is 11.3. The van der Waals surface area contributed by atoms with Gasteiger partial charge in [-0.1, -0.05) is 24.3 Å². The van der Waals surface area contributed by atoms with Crippen LogP contribution in [0.1, 0.15) is 23.4 Å². The highest BCUT2D eigenvalue weighted by atomic mass is 16.2. The average molecular weight is 447 g/mol. The van der Waals surface area contributed by atoms with Gasteiger partial charge in [0, 0.05) is 37.6 Å². The molecule has 1 aromatic carbocycles. The van der Waals surface area contributed by atoms with Crippen molar-refractivity contribution < 1.29 is 4.79 Å². The van der Waals surface area contributed by atoms with Gasteiger partial charge < -0.3 is 10.2 Å². The summed E-state index contributed by atoms with van der Waals surface area (Å²) >= 11 is 0. The molecule has 0 radical (unpaired) electrons. The Morgan fingerprint density at radius 3 is 2.64 bits per heavy atom. The third-order valence-electron chi connectivity index (χ3n) is 6.63. The number of likely N-dealkylation sites (tertiary alicyclic amines) is 1. The molecule has 2 fully saturated rings. The number of anilines is 1. The molecule has 6 rings (SSSR count). The molecule has 0 saturated carbocycles. The number of benzene rings is 1. The van der Waals surface area contributed by atoms with E-state index in [2.05, 4.69) is 71.1 Å². The van der Waals surface area contributed by atoms with E-state index in [1.807, 2.05) is 4.90 Å². The number of nitrogens with zero attached hydrogens (tertiary/aromatic N) is 5. The Hall–Kier alpha value is -3.41. The molecule has 3 aromatic rings. The van der Waals surface area contributed by atoms with Crippen molar-refractivity contribution in [1.29, 1.82) is 0 Å². The Balaban J connectivity index is 1.05. The zero-order valence-electron chi connectivity index (χ0n) is 18.1. The molecule has 0 bridgehead atoms. The highest BCUT2D eigenvalue weighted by Crippen LogP contribution is 2.24. The fourth-order valence-electron chi connectivity index (χ4n) is 4.84.